The third-order valence-corrected chi connectivity index (χ3v) is 8.03. The number of carboxylic acids is 1. The fourth-order valence-corrected chi connectivity index (χ4v) is 5.30. The summed E-state index contributed by atoms with van der Waals surface area (Å²) in [5.74, 6) is 0.0284. The maximum Gasteiger partial charge on any atom is 0.309 e. The maximum atomic E-state index is 12.8. The Hall–Kier alpha value is -1.49. The minimum Gasteiger partial charge on any atom is -0.481 e. The first-order valence-electron chi connectivity index (χ1n) is 13.1. The highest BCUT2D eigenvalue weighted by atomic mass is 16.4. The largest absolute Gasteiger partial charge is 0.481 e. The van der Waals surface area contributed by atoms with Crippen LogP contribution < -0.4 is 0 Å². The molecule has 2 rings (SSSR count). The molecule has 0 spiro atoms. The van der Waals surface area contributed by atoms with Gasteiger partial charge in [0, 0.05) is 30.3 Å². The molecule has 0 saturated heterocycles. The molecule has 0 amide bonds. The van der Waals surface area contributed by atoms with E-state index in [1.807, 2.05) is 12.2 Å². The van der Waals surface area contributed by atoms with Gasteiger partial charge in [-0.3, -0.25) is 14.4 Å². The van der Waals surface area contributed by atoms with Crippen molar-refractivity contribution in [3.63, 3.8) is 0 Å². The number of Topliss-reactive ketones (excluding diaryl/α,β-unsaturated/α-hetero) is 2. The third kappa shape index (κ3) is 8.35. The number of rotatable bonds is 14. The van der Waals surface area contributed by atoms with Crippen molar-refractivity contribution in [2.45, 2.75) is 105 Å². The Labute approximate surface area is 200 Å². The van der Waals surface area contributed by atoms with Crippen molar-refractivity contribution in [2.24, 2.45) is 34.5 Å². The van der Waals surface area contributed by atoms with Gasteiger partial charge < -0.3 is 10.2 Å². The van der Waals surface area contributed by atoms with Crippen LogP contribution in [0.3, 0.4) is 0 Å². The van der Waals surface area contributed by atoms with Crippen LogP contribution in [-0.2, 0) is 14.4 Å². The van der Waals surface area contributed by atoms with Crippen LogP contribution in [0.1, 0.15) is 105 Å². The average Bonchev–Trinajstić information content (AvgIpc) is 3.29. The molecule has 0 aromatic rings. The van der Waals surface area contributed by atoms with E-state index in [1.165, 1.54) is 0 Å². The van der Waals surface area contributed by atoms with Crippen LogP contribution >= 0.6 is 0 Å². The van der Waals surface area contributed by atoms with Gasteiger partial charge in [-0.2, -0.15) is 0 Å². The van der Waals surface area contributed by atoms with Gasteiger partial charge >= 0.3 is 5.97 Å². The van der Waals surface area contributed by atoms with E-state index in [4.69, 9.17) is 0 Å². The number of aliphatic carboxylic acids is 1. The number of aliphatic hydroxyl groups is 1. The highest BCUT2D eigenvalue weighted by Crippen LogP contribution is 2.36. The Kier molecular flexibility index (Phi) is 10.3. The molecule has 2 aliphatic carbocycles. The zero-order valence-electron chi connectivity index (χ0n) is 21.3. The van der Waals surface area contributed by atoms with Gasteiger partial charge in [-0.05, 0) is 70.6 Å². The number of aliphatic hydroxyl groups excluding tert-OH is 1. The zero-order chi connectivity index (χ0) is 24.6. The van der Waals surface area contributed by atoms with Crippen molar-refractivity contribution < 1.29 is 24.6 Å². The van der Waals surface area contributed by atoms with Gasteiger partial charge in [0.15, 0.2) is 0 Å². The Balaban J connectivity index is 1.70. The lowest BCUT2D eigenvalue weighted by molar-refractivity contribution is -0.147. The smallest absolute Gasteiger partial charge is 0.309 e. The molecule has 0 radical (unpaired) electrons. The molecule has 0 aromatic heterocycles. The quantitative estimate of drug-likeness (QED) is 0.245. The van der Waals surface area contributed by atoms with E-state index in [2.05, 4.69) is 13.8 Å². The second-order valence-corrected chi connectivity index (χ2v) is 12.0. The molecule has 188 valence electrons. The SMILES string of the molecule is CC(C)(CO)CCCCC1CCC(/C=C\C2CCC(CCCCC(C)(C)C(=O)O)C2=O)C1=O. The molecule has 4 unspecified atom stereocenters. The monoisotopic (exact) mass is 462 g/mol. The van der Waals surface area contributed by atoms with Gasteiger partial charge in [0.1, 0.15) is 11.6 Å². The molecule has 4 atom stereocenters. The molecule has 2 aliphatic rings. The van der Waals surface area contributed by atoms with E-state index in [1.54, 1.807) is 13.8 Å². The van der Waals surface area contributed by atoms with Crippen LogP contribution in [0, 0.1) is 34.5 Å². The molecule has 5 heteroatoms. The molecule has 0 aromatic carbocycles. The van der Waals surface area contributed by atoms with Gasteiger partial charge in [-0.1, -0.05) is 51.7 Å². The van der Waals surface area contributed by atoms with Gasteiger partial charge in [0.05, 0.1) is 5.41 Å². The van der Waals surface area contributed by atoms with Crippen LogP contribution in [0.25, 0.3) is 0 Å². The van der Waals surface area contributed by atoms with E-state index in [0.717, 1.165) is 70.6 Å². The Morgan fingerprint density at radius 3 is 1.70 bits per heavy atom. The number of carbonyl (C=O) groups excluding carboxylic acids is 2. The molecule has 33 heavy (non-hydrogen) atoms. The van der Waals surface area contributed by atoms with Gasteiger partial charge in [-0.25, -0.2) is 0 Å². The highest BCUT2D eigenvalue weighted by Gasteiger charge is 2.35. The van der Waals surface area contributed by atoms with E-state index in [-0.39, 0.29) is 35.7 Å². The summed E-state index contributed by atoms with van der Waals surface area (Å²) in [7, 11) is 0. The van der Waals surface area contributed by atoms with Crippen molar-refractivity contribution in [1.29, 1.82) is 0 Å². The topological polar surface area (TPSA) is 91.7 Å². The third-order valence-electron chi connectivity index (χ3n) is 8.03. The van der Waals surface area contributed by atoms with Crippen molar-refractivity contribution in [3.05, 3.63) is 12.2 Å². The summed E-state index contributed by atoms with van der Waals surface area (Å²) in [6.45, 7) is 7.85. The summed E-state index contributed by atoms with van der Waals surface area (Å²) in [5.41, 5.74) is -0.738. The second-order valence-electron chi connectivity index (χ2n) is 12.0. The number of hydrogen-bond donors (Lipinski definition) is 2. The first-order chi connectivity index (χ1) is 15.5. The standard InChI is InChI=1S/C28H46O5/c1-27(2,19-29)17-7-5-9-20-11-13-22(24(20)30)15-16-23-14-12-21(25(23)31)10-6-8-18-28(3,4)26(32)33/h15-16,20-23,29H,5-14,17-19H2,1-4H3,(H,32,33)/b16-15-. The summed E-state index contributed by atoms with van der Waals surface area (Å²) in [6.07, 6.45) is 14.8. The molecule has 0 aliphatic heterocycles. The van der Waals surface area contributed by atoms with Crippen molar-refractivity contribution in [2.75, 3.05) is 6.61 Å². The lowest BCUT2D eigenvalue weighted by atomic mass is 9.86. The number of ketones is 2. The van der Waals surface area contributed by atoms with Crippen LogP contribution in [-0.4, -0.2) is 34.4 Å². The lowest BCUT2D eigenvalue weighted by Crippen LogP contribution is -2.23. The maximum absolute atomic E-state index is 12.8. The van der Waals surface area contributed by atoms with Crippen LogP contribution in [0.15, 0.2) is 12.2 Å². The van der Waals surface area contributed by atoms with Crippen molar-refractivity contribution >= 4 is 17.5 Å². The highest BCUT2D eigenvalue weighted by molar-refractivity contribution is 5.88. The van der Waals surface area contributed by atoms with Crippen molar-refractivity contribution in [1.82, 2.24) is 0 Å². The summed E-state index contributed by atoms with van der Waals surface area (Å²) >= 11 is 0. The summed E-state index contributed by atoms with van der Waals surface area (Å²) in [6, 6.07) is 0. The summed E-state index contributed by atoms with van der Waals surface area (Å²) < 4.78 is 0. The van der Waals surface area contributed by atoms with Crippen LogP contribution in [0.2, 0.25) is 0 Å². The molecule has 2 fully saturated rings. The minimum absolute atomic E-state index is 0.0333. The first-order valence-corrected chi connectivity index (χ1v) is 13.1. The predicted octanol–water partition coefficient (Wildman–Crippen LogP) is 5.98. The zero-order valence-corrected chi connectivity index (χ0v) is 21.3. The normalized spacial score (nSPS) is 26.6. The van der Waals surface area contributed by atoms with Gasteiger partial charge in [-0.15, -0.1) is 0 Å². The van der Waals surface area contributed by atoms with E-state index >= 15 is 0 Å². The lowest BCUT2D eigenvalue weighted by Gasteiger charge is -2.21. The number of carbonyl (C=O) groups is 3. The minimum atomic E-state index is -0.765. The summed E-state index contributed by atoms with van der Waals surface area (Å²) in [4.78, 5) is 36.8. The Morgan fingerprint density at radius 2 is 1.27 bits per heavy atom. The number of hydrogen-bond acceptors (Lipinski definition) is 4. The Bertz CT molecular complexity index is 705. The molecular formula is C28H46O5. The molecule has 0 heterocycles. The number of allylic oxidation sites excluding steroid dienone is 2. The second kappa shape index (κ2) is 12.3. The van der Waals surface area contributed by atoms with Crippen LogP contribution in [0.5, 0.6) is 0 Å². The molecule has 0 bridgehead atoms. The van der Waals surface area contributed by atoms with E-state index < -0.39 is 11.4 Å². The molecular weight excluding hydrogens is 416 g/mol. The first kappa shape index (κ1) is 27.8. The van der Waals surface area contributed by atoms with Crippen molar-refractivity contribution in [3.8, 4) is 0 Å². The predicted molar refractivity (Wildman–Crippen MR) is 131 cm³/mol. The van der Waals surface area contributed by atoms with Gasteiger partial charge in [0.2, 0.25) is 0 Å². The van der Waals surface area contributed by atoms with E-state index in [9.17, 15) is 24.6 Å². The molecule has 5 nitrogen and oxygen atoms in total. The molecule has 2 N–H and O–H groups in total. The average molecular weight is 463 g/mol. The molecule has 2 saturated carbocycles. The van der Waals surface area contributed by atoms with Crippen LogP contribution in [0.4, 0.5) is 0 Å². The van der Waals surface area contributed by atoms with Gasteiger partial charge in [0.25, 0.3) is 0 Å². The number of carboxylic acid groups (broad SMARTS) is 1. The fraction of sp³-hybridized carbons (Fsp3) is 0.821. The number of unbranched alkanes of at least 4 members (excludes halogenated alkanes) is 2. The Morgan fingerprint density at radius 1 is 0.818 bits per heavy atom. The fourth-order valence-electron chi connectivity index (χ4n) is 5.30. The van der Waals surface area contributed by atoms with E-state index in [0.29, 0.717) is 18.0 Å². The summed E-state index contributed by atoms with van der Waals surface area (Å²) in [5, 5.41) is 18.6.